The molecule has 0 saturated carbocycles. The highest BCUT2D eigenvalue weighted by molar-refractivity contribution is 6.32. The van der Waals surface area contributed by atoms with Crippen LogP contribution >= 0.6 is 23.2 Å². The van der Waals surface area contributed by atoms with Gasteiger partial charge in [0, 0.05) is 17.0 Å². The smallest absolute Gasteiger partial charge is 0.125 e. The van der Waals surface area contributed by atoms with E-state index in [1.54, 1.807) is 0 Å². The lowest BCUT2D eigenvalue weighted by atomic mass is 10.2. The predicted octanol–water partition coefficient (Wildman–Crippen LogP) is 3.25. The molecule has 2 rings (SSSR count). The van der Waals surface area contributed by atoms with Crippen LogP contribution in [0.5, 0.6) is 5.75 Å². The van der Waals surface area contributed by atoms with Gasteiger partial charge < -0.3 is 9.47 Å². The fourth-order valence-corrected chi connectivity index (χ4v) is 2.14. The normalized spacial score (nSPS) is 20.5. The molecule has 1 heterocycles. The van der Waals surface area contributed by atoms with Crippen molar-refractivity contribution in [3.63, 3.8) is 0 Å². The predicted molar refractivity (Wildman–Crippen MR) is 60.9 cm³/mol. The zero-order valence-electron chi connectivity index (χ0n) is 8.21. The topological polar surface area (TPSA) is 18.5 Å². The van der Waals surface area contributed by atoms with Gasteiger partial charge in [0.25, 0.3) is 0 Å². The molecular formula is C11H12Cl2O2. The number of rotatable bonds is 3. The third kappa shape index (κ3) is 2.57. The molecular weight excluding hydrogens is 235 g/mol. The highest BCUT2D eigenvalue weighted by Gasteiger charge is 2.19. The van der Waals surface area contributed by atoms with Gasteiger partial charge in [0.05, 0.1) is 19.1 Å². The standard InChI is InChI=1S/C11H12Cl2O2/c12-6-9-10(13)2-1-3-11(9)15-8-4-5-14-7-8/h1-3,8H,4-7H2. The quantitative estimate of drug-likeness (QED) is 0.763. The Morgan fingerprint density at radius 1 is 1.47 bits per heavy atom. The van der Waals surface area contributed by atoms with Gasteiger partial charge in [-0.25, -0.2) is 0 Å². The minimum Gasteiger partial charge on any atom is -0.488 e. The summed E-state index contributed by atoms with van der Waals surface area (Å²) in [5.74, 6) is 1.13. The number of hydrogen-bond donors (Lipinski definition) is 0. The van der Waals surface area contributed by atoms with E-state index in [0.29, 0.717) is 17.5 Å². The Bertz CT molecular complexity index is 335. The third-order valence-corrected chi connectivity index (χ3v) is 3.01. The monoisotopic (exact) mass is 246 g/mol. The average molecular weight is 247 g/mol. The van der Waals surface area contributed by atoms with Crippen LogP contribution in [0.3, 0.4) is 0 Å². The molecule has 0 aliphatic carbocycles. The highest BCUT2D eigenvalue weighted by atomic mass is 35.5. The second kappa shape index (κ2) is 5.06. The van der Waals surface area contributed by atoms with Crippen molar-refractivity contribution >= 4 is 23.2 Å². The highest BCUT2D eigenvalue weighted by Crippen LogP contribution is 2.29. The molecule has 1 aliphatic heterocycles. The van der Waals surface area contributed by atoms with Gasteiger partial charge in [-0.05, 0) is 12.1 Å². The first kappa shape index (κ1) is 11.1. The van der Waals surface area contributed by atoms with Crippen LogP contribution in [0.4, 0.5) is 0 Å². The van der Waals surface area contributed by atoms with Gasteiger partial charge in [0.2, 0.25) is 0 Å². The lowest BCUT2D eigenvalue weighted by Gasteiger charge is -2.15. The van der Waals surface area contributed by atoms with Crippen LogP contribution in [0, 0.1) is 0 Å². The maximum absolute atomic E-state index is 6.02. The fourth-order valence-electron chi connectivity index (χ4n) is 1.56. The summed E-state index contributed by atoms with van der Waals surface area (Å²) >= 11 is 11.8. The molecule has 0 aromatic heterocycles. The first-order valence-corrected chi connectivity index (χ1v) is 5.80. The summed E-state index contributed by atoms with van der Waals surface area (Å²) in [5.41, 5.74) is 0.854. The van der Waals surface area contributed by atoms with Crippen molar-refractivity contribution in [2.75, 3.05) is 13.2 Å². The van der Waals surface area contributed by atoms with Gasteiger partial charge in [0.15, 0.2) is 0 Å². The second-order valence-electron chi connectivity index (χ2n) is 3.45. The van der Waals surface area contributed by atoms with Crippen molar-refractivity contribution in [1.29, 1.82) is 0 Å². The molecule has 0 radical (unpaired) electrons. The van der Waals surface area contributed by atoms with Crippen LogP contribution in [-0.2, 0) is 10.6 Å². The van der Waals surface area contributed by atoms with Crippen LogP contribution in [0.25, 0.3) is 0 Å². The molecule has 82 valence electrons. The van der Waals surface area contributed by atoms with Gasteiger partial charge in [-0.1, -0.05) is 17.7 Å². The van der Waals surface area contributed by atoms with E-state index in [1.807, 2.05) is 18.2 Å². The first-order chi connectivity index (χ1) is 7.31. The Morgan fingerprint density at radius 3 is 3.00 bits per heavy atom. The maximum atomic E-state index is 6.02. The minimum atomic E-state index is 0.130. The van der Waals surface area contributed by atoms with Crippen molar-refractivity contribution in [3.05, 3.63) is 28.8 Å². The van der Waals surface area contributed by atoms with Gasteiger partial charge in [-0.3, -0.25) is 0 Å². The molecule has 0 bridgehead atoms. The molecule has 15 heavy (non-hydrogen) atoms. The van der Waals surface area contributed by atoms with Crippen LogP contribution in [0.2, 0.25) is 5.02 Å². The summed E-state index contributed by atoms with van der Waals surface area (Å²) in [4.78, 5) is 0. The maximum Gasteiger partial charge on any atom is 0.125 e. The van der Waals surface area contributed by atoms with E-state index in [4.69, 9.17) is 32.7 Å². The number of hydrogen-bond acceptors (Lipinski definition) is 2. The Balaban J connectivity index is 2.15. The average Bonchev–Trinajstić information content (AvgIpc) is 2.71. The number of halogens is 2. The van der Waals surface area contributed by atoms with Crippen molar-refractivity contribution in [1.82, 2.24) is 0 Å². The van der Waals surface area contributed by atoms with Crippen molar-refractivity contribution in [2.45, 2.75) is 18.4 Å². The number of alkyl halides is 1. The van der Waals surface area contributed by atoms with E-state index < -0.39 is 0 Å². The van der Waals surface area contributed by atoms with Crippen LogP contribution < -0.4 is 4.74 Å². The molecule has 1 saturated heterocycles. The van der Waals surface area contributed by atoms with Crippen LogP contribution in [-0.4, -0.2) is 19.3 Å². The third-order valence-electron chi connectivity index (χ3n) is 2.39. The van der Waals surface area contributed by atoms with E-state index in [9.17, 15) is 0 Å². The Kier molecular flexibility index (Phi) is 3.73. The second-order valence-corrected chi connectivity index (χ2v) is 4.13. The van der Waals surface area contributed by atoms with Crippen molar-refractivity contribution < 1.29 is 9.47 Å². The molecule has 1 fully saturated rings. The van der Waals surface area contributed by atoms with Gasteiger partial charge in [0.1, 0.15) is 11.9 Å². The molecule has 4 heteroatoms. The molecule has 1 aliphatic rings. The zero-order valence-corrected chi connectivity index (χ0v) is 9.72. The lowest BCUT2D eigenvalue weighted by molar-refractivity contribution is 0.141. The summed E-state index contributed by atoms with van der Waals surface area (Å²) in [6.45, 7) is 1.41. The summed E-state index contributed by atoms with van der Waals surface area (Å²) in [7, 11) is 0. The fraction of sp³-hybridized carbons (Fsp3) is 0.455. The molecule has 1 aromatic rings. The lowest BCUT2D eigenvalue weighted by Crippen LogP contribution is -2.16. The van der Waals surface area contributed by atoms with Crippen LogP contribution in [0.1, 0.15) is 12.0 Å². The van der Waals surface area contributed by atoms with Crippen molar-refractivity contribution in [2.24, 2.45) is 0 Å². The van der Waals surface area contributed by atoms with Gasteiger partial charge in [-0.15, -0.1) is 11.6 Å². The SMILES string of the molecule is ClCc1c(Cl)cccc1OC1CCOC1. The largest absolute Gasteiger partial charge is 0.488 e. The number of ether oxygens (including phenoxy) is 2. The van der Waals surface area contributed by atoms with E-state index in [-0.39, 0.29) is 6.10 Å². The molecule has 0 N–H and O–H groups in total. The Morgan fingerprint density at radius 2 is 2.33 bits per heavy atom. The zero-order chi connectivity index (χ0) is 10.7. The molecule has 1 atom stereocenters. The van der Waals surface area contributed by atoms with Gasteiger partial charge in [-0.2, -0.15) is 0 Å². The summed E-state index contributed by atoms with van der Waals surface area (Å²) in [6.07, 6.45) is 1.05. The van der Waals surface area contributed by atoms with Gasteiger partial charge >= 0.3 is 0 Å². The number of benzene rings is 1. The summed E-state index contributed by atoms with van der Waals surface area (Å²) < 4.78 is 11.0. The first-order valence-electron chi connectivity index (χ1n) is 4.89. The molecule has 1 aromatic carbocycles. The van der Waals surface area contributed by atoms with E-state index >= 15 is 0 Å². The molecule has 2 nitrogen and oxygen atoms in total. The minimum absolute atomic E-state index is 0.130. The van der Waals surface area contributed by atoms with Crippen molar-refractivity contribution in [3.8, 4) is 5.75 Å². The summed E-state index contributed by atoms with van der Waals surface area (Å²) in [6, 6.07) is 5.57. The Hall–Kier alpha value is -0.440. The Labute approximate surface area is 99.1 Å². The summed E-state index contributed by atoms with van der Waals surface area (Å²) in [5, 5.41) is 0.654. The van der Waals surface area contributed by atoms with E-state index in [0.717, 1.165) is 24.3 Å². The van der Waals surface area contributed by atoms with E-state index in [1.165, 1.54) is 0 Å². The van der Waals surface area contributed by atoms with Crippen LogP contribution in [0.15, 0.2) is 18.2 Å². The molecule has 1 unspecified atom stereocenters. The molecule has 0 amide bonds. The van der Waals surface area contributed by atoms with E-state index in [2.05, 4.69) is 0 Å². The molecule has 0 spiro atoms.